The summed E-state index contributed by atoms with van der Waals surface area (Å²) in [4.78, 5) is 0.126. The highest BCUT2D eigenvalue weighted by Gasteiger charge is 2.27. The van der Waals surface area contributed by atoms with Gasteiger partial charge in [0.05, 0.1) is 0 Å². The summed E-state index contributed by atoms with van der Waals surface area (Å²) in [5.74, 6) is 0.289. The third-order valence-electron chi connectivity index (χ3n) is 4.24. The van der Waals surface area contributed by atoms with Crippen LogP contribution in [-0.4, -0.2) is 13.5 Å². The fourth-order valence-corrected chi connectivity index (χ4v) is 4.75. The van der Waals surface area contributed by atoms with Crippen LogP contribution in [0.5, 0.6) is 5.75 Å². The standard InChI is InChI=1S/C21H18N2O3S2/c1-15-11-13-17(14-12-15)28(24,25)26-19-10-6-5-9-18(19)21-23-22-20(27-21)16-7-3-2-4-8-16/h2-14,21,23H,1H3/t21-/m1/s1. The average molecular weight is 411 g/mol. The summed E-state index contributed by atoms with van der Waals surface area (Å²) in [5, 5.41) is 5.01. The fraction of sp³-hybridized carbons (Fsp3) is 0.0952. The number of benzene rings is 3. The number of para-hydroxylation sites is 1. The second-order valence-electron chi connectivity index (χ2n) is 6.30. The zero-order valence-electron chi connectivity index (χ0n) is 15.1. The van der Waals surface area contributed by atoms with Crippen molar-refractivity contribution in [1.82, 2.24) is 5.43 Å². The van der Waals surface area contributed by atoms with Crippen LogP contribution < -0.4 is 9.61 Å². The number of nitrogens with zero attached hydrogens (tertiary/aromatic N) is 1. The highest BCUT2D eigenvalue weighted by atomic mass is 32.2. The monoisotopic (exact) mass is 410 g/mol. The number of rotatable bonds is 5. The van der Waals surface area contributed by atoms with E-state index in [0.717, 1.165) is 21.7 Å². The van der Waals surface area contributed by atoms with Crippen molar-refractivity contribution >= 4 is 26.9 Å². The van der Waals surface area contributed by atoms with E-state index in [2.05, 4.69) is 10.5 Å². The lowest BCUT2D eigenvalue weighted by atomic mass is 10.2. The van der Waals surface area contributed by atoms with Gasteiger partial charge in [-0.1, -0.05) is 78.0 Å². The maximum absolute atomic E-state index is 12.7. The van der Waals surface area contributed by atoms with Gasteiger partial charge in [-0.2, -0.15) is 13.5 Å². The van der Waals surface area contributed by atoms with Crippen molar-refractivity contribution in [3.05, 3.63) is 95.6 Å². The van der Waals surface area contributed by atoms with Crippen LogP contribution in [0.25, 0.3) is 0 Å². The Labute approximate surface area is 168 Å². The van der Waals surface area contributed by atoms with Crippen LogP contribution in [0.4, 0.5) is 0 Å². The Morgan fingerprint density at radius 1 is 0.929 bits per heavy atom. The number of hydrogen-bond acceptors (Lipinski definition) is 6. The van der Waals surface area contributed by atoms with E-state index in [9.17, 15) is 8.42 Å². The van der Waals surface area contributed by atoms with E-state index in [1.54, 1.807) is 36.4 Å². The van der Waals surface area contributed by atoms with Gasteiger partial charge in [-0.25, -0.2) is 0 Å². The minimum atomic E-state index is -3.92. The second kappa shape index (κ2) is 7.69. The number of aryl methyl sites for hydroxylation is 1. The molecule has 0 unspecified atom stereocenters. The number of thioether (sulfide) groups is 1. The molecule has 0 fully saturated rings. The third kappa shape index (κ3) is 3.90. The molecule has 1 N–H and O–H groups in total. The Morgan fingerprint density at radius 3 is 2.36 bits per heavy atom. The summed E-state index contributed by atoms with van der Waals surface area (Å²) in [6.07, 6.45) is 0. The largest absolute Gasteiger partial charge is 0.379 e. The second-order valence-corrected chi connectivity index (χ2v) is 8.94. The van der Waals surface area contributed by atoms with Crippen molar-refractivity contribution in [1.29, 1.82) is 0 Å². The molecule has 0 saturated carbocycles. The Hall–Kier alpha value is -2.77. The van der Waals surface area contributed by atoms with Crippen LogP contribution in [0.1, 0.15) is 22.1 Å². The van der Waals surface area contributed by atoms with E-state index in [4.69, 9.17) is 4.18 Å². The fourth-order valence-electron chi connectivity index (χ4n) is 2.77. The van der Waals surface area contributed by atoms with E-state index in [0.29, 0.717) is 0 Å². The van der Waals surface area contributed by atoms with Gasteiger partial charge in [0.1, 0.15) is 21.1 Å². The van der Waals surface area contributed by atoms with Crippen molar-refractivity contribution in [3.8, 4) is 5.75 Å². The number of hydrogen-bond donors (Lipinski definition) is 1. The van der Waals surface area contributed by atoms with Crippen LogP contribution in [0.3, 0.4) is 0 Å². The first-order valence-electron chi connectivity index (χ1n) is 8.68. The molecule has 28 heavy (non-hydrogen) atoms. The van der Waals surface area contributed by atoms with E-state index >= 15 is 0 Å². The predicted molar refractivity (Wildman–Crippen MR) is 112 cm³/mol. The van der Waals surface area contributed by atoms with Gasteiger partial charge in [0, 0.05) is 11.1 Å². The zero-order valence-corrected chi connectivity index (χ0v) is 16.7. The molecule has 4 rings (SSSR count). The lowest BCUT2D eigenvalue weighted by Crippen LogP contribution is -2.14. The molecule has 142 valence electrons. The molecule has 1 heterocycles. The third-order valence-corrected chi connectivity index (χ3v) is 6.64. The van der Waals surface area contributed by atoms with Crippen LogP contribution in [-0.2, 0) is 10.1 Å². The lowest BCUT2D eigenvalue weighted by molar-refractivity contribution is 0.481. The van der Waals surface area contributed by atoms with Crippen LogP contribution >= 0.6 is 11.8 Å². The van der Waals surface area contributed by atoms with Gasteiger partial charge in [0.15, 0.2) is 0 Å². The molecule has 0 bridgehead atoms. The SMILES string of the molecule is Cc1ccc(S(=O)(=O)Oc2ccccc2[C@@H]2NN=C(c3ccccc3)S2)cc1. The van der Waals surface area contributed by atoms with Gasteiger partial charge in [-0.3, -0.25) is 5.43 Å². The lowest BCUT2D eigenvalue weighted by Gasteiger charge is -2.15. The number of nitrogens with one attached hydrogen (secondary N) is 1. The Bertz CT molecular complexity index is 1110. The molecule has 0 aliphatic carbocycles. The molecule has 3 aromatic rings. The molecule has 0 saturated heterocycles. The quantitative estimate of drug-likeness (QED) is 0.629. The molecular formula is C21H18N2O3S2. The van der Waals surface area contributed by atoms with Crippen molar-refractivity contribution in [2.24, 2.45) is 5.10 Å². The van der Waals surface area contributed by atoms with E-state index < -0.39 is 10.1 Å². The van der Waals surface area contributed by atoms with Gasteiger partial charge < -0.3 is 4.18 Å². The molecule has 1 aliphatic heterocycles. The van der Waals surface area contributed by atoms with Gasteiger partial charge in [-0.15, -0.1) is 0 Å². The highest BCUT2D eigenvalue weighted by Crippen LogP contribution is 2.39. The van der Waals surface area contributed by atoms with Crippen LogP contribution in [0.2, 0.25) is 0 Å². The first-order chi connectivity index (χ1) is 13.5. The summed E-state index contributed by atoms with van der Waals surface area (Å²) in [6, 6.07) is 23.5. The van der Waals surface area contributed by atoms with Crippen molar-refractivity contribution in [2.45, 2.75) is 17.2 Å². The molecule has 7 heteroatoms. The molecule has 0 spiro atoms. The average Bonchev–Trinajstić information content (AvgIpc) is 3.19. The van der Waals surface area contributed by atoms with E-state index in [1.165, 1.54) is 11.8 Å². The van der Waals surface area contributed by atoms with Gasteiger partial charge in [0.2, 0.25) is 0 Å². The molecule has 5 nitrogen and oxygen atoms in total. The predicted octanol–water partition coefficient (Wildman–Crippen LogP) is 4.46. The molecule has 1 atom stereocenters. The summed E-state index contributed by atoms with van der Waals surface area (Å²) in [7, 11) is -3.92. The van der Waals surface area contributed by atoms with Crippen molar-refractivity contribution in [2.75, 3.05) is 0 Å². The zero-order chi connectivity index (χ0) is 19.6. The molecule has 0 amide bonds. The van der Waals surface area contributed by atoms with E-state index in [1.807, 2.05) is 49.4 Å². The summed E-state index contributed by atoms with van der Waals surface area (Å²) >= 11 is 1.52. The smallest absolute Gasteiger partial charge is 0.339 e. The summed E-state index contributed by atoms with van der Waals surface area (Å²) in [6.45, 7) is 1.90. The minimum Gasteiger partial charge on any atom is -0.379 e. The highest BCUT2D eigenvalue weighted by molar-refractivity contribution is 8.14. The topological polar surface area (TPSA) is 67.8 Å². The molecule has 0 radical (unpaired) electrons. The maximum Gasteiger partial charge on any atom is 0.339 e. The van der Waals surface area contributed by atoms with Gasteiger partial charge in [-0.05, 0) is 25.1 Å². The minimum absolute atomic E-state index is 0.126. The van der Waals surface area contributed by atoms with E-state index in [-0.39, 0.29) is 16.0 Å². The van der Waals surface area contributed by atoms with Crippen molar-refractivity contribution < 1.29 is 12.6 Å². The molecule has 1 aliphatic rings. The number of hydrazone groups is 1. The van der Waals surface area contributed by atoms with Crippen LogP contribution in [0, 0.1) is 6.92 Å². The van der Waals surface area contributed by atoms with Gasteiger partial charge in [0.25, 0.3) is 0 Å². The molecule has 3 aromatic carbocycles. The Balaban J connectivity index is 1.57. The first kappa shape index (κ1) is 18.6. The Morgan fingerprint density at radius 2 is 1.61 bits per heavy atom. The first-order valence-corrected chi connectivity index (χ1v) is 11.0. The molecular weight excluding hydrogens is 392 g/mol. The summed E-state index contributed by atoms with van der Waals surface area (Å²) in [5.41, 5.74) is 5.78. The van der Waals surface area contributed by atoms with Crippen molar-refractivity contribution in [3.63, 3.8) is 0 Å². The summed E-state index contributed by atoms with van der Waals surface area (Å²) < 4.78 is 30.9. The van der Waals surface area contributed by atoms with Gasteiger partial charge >= 0.3 is 10.1 Å². The van der Waals surface area contributed by atoms with Crippen LogP contribution in [0.15, 0.2) is 88.9 Å². The molecule has 0 aromatic heterocycles. The maximum atomic E-state index is 12.7. The normalized spacial score (nSPS) is 16.3. The Kier molecular flexibility index (Phi) is 5.11.